The van der Waals surface area contributed by atoms with E-state index in [9.17, 15) is 4.79 Å². The number of ketones is 1. The van der Waals surface area contributed by atoms with Crippen molar-refractivity contribution in [2.24, 2.45) is 0 Å². The van der Waals surface area contributed by atoms with E-state index in [0.29, 0.717) is 23.6 Å². The SMILES string of the molecule is COc1ccc(CCNc2cc(-c3cccc(C(=O)/C=C(\C)N(C)C)c3)nc(OC)n2)cc1. The topological polar surface area (TPSA) is 76.6 Å². The molecule has 33 heavy (non-hydrogen) atoms. The number of allylic oxidation sites excluding steroid dienone is 2. The molecule has 7 nitrogen and oxygen atoms in total. The van der Waals surface area contributed by atoms with Gasteiger partial charge in [0.2, 0.25) is 0 Å². The monoisotopic (exact) mass is 446 g/mol. The number of carbonyl (C=O) groups excluding carboxylic acids is 1. The van der Waals surface area contributed by atoms with E-state index >= 15 is 0 Å². The molecule has 0 unspecified atom stereocenters. The van der Waals surface area contributed by atoms with Crippen LogP contribution >= 0.6 is 0 Å². The molecular formula is C26H30N4O3. The minimum atomic E-state index is -0.0538. The molecular weight excluding hydrogens is 416 g/mol. The van der Waals surface area contributed by atoms with Crippen LogP contribution in [-0.4, -0.2) is 55.5 Å². The molecule has 2 aromatic carbocycles. The molecule has 0 radical (unpaired) electrons. The largest absolute Gasteiger partial charge is 0.497 e. The van der Waals surface area contributed by atoms with Crippen molar-refractivity contribution >= 4 is 11.6 Å². The van der Waals surface area contributed by atoms with E-state index in [0.717, 1.165) is 23.4 Å². The predicted octanol–water partition coefficient (Wildman–Crippen LogP) is 4.46. The number of benzene rings is 2. The first-order valence-electron chi connectivity index (χ1n) is 10.7. The van der Waals surface area contributed by atoms with E-state index in [1.165, 1.54) is 12.7 Å². The molecule has 3 rings (SSSR count). The third-order valence-corrected chi connectivity index (χ3v) is 5.26. The number of rotatable bonds is 10. The van der Waals surface area contributed by atoms with Gasteiger partial charge in [0, 0.05) is 49.6 Å². The van der Waals surface area contributed by atoms with Gasteiger partial charge in [0.05, 0.1) is 19.9 Å². The van der Waals surface area contributed by atoms with Crippen molar-refractivity contribution in [1.29, 1.82) is 0 Å². The summed E-state index contributed by atoms with van der Waals surface area (Å²) < 4.78 is 10.5. The number of aromatic nitrogens is 2. The number of anilines is 1. The number of ether oxygens (including phenoxy) is 2. The van der Waals surface area contributed by atoms with E-state index in [1.807, 2.05) is 74.4 Å². The number of carbonyl (C=O) groups is 1. The lowest BCUT2D eigenvalue weighted by Gasteiger charge is -2.12. The van der Waals surface area contributed by atoms with Gasteiger partial charge >= 0.3 is 6.01 Å². The van der Waals surface area contributed by atoms with E-state index in [-0.39, 0.29) is 11.8 Å². The minimum absolute atomic E-state index is 0.0538. The Morgan fingerprint density at radius 3 is 2.45 bits per heavy atom. The van der Waals surface area contributed by atoms with Gasteiger partial charge in [0.25, 0.3) is 0 Å². The quantitative estimate of drug-likeness (QED) is 0.364. The summed E-state index contributed by atoms with van der Waals surface area (Å²) in [5, 5.41) is 3.34. The zero-order valence-electron chi connectivity index (χ0n) is 19.8. The second-order valence-electron chi connectivity index (χ2n) is 7.78. The van der Waals surface area contributed by atoms with Crippen LogP contribution in [-0.2, 0) is 6.42 Å². The number of methoxy groups -OCH3 is 2. The lowest BCUT2D eigenvalue weighted by atomic mass is 10.0. The molecule has 1 N–H and O–H groups in total. The fraction of sp³-hybridized carbons (Fsp3) is 0.269. The summed E-state index contributed by atoms with van der Waals surface area (Å²) >= 11 is 0. The van der Waals surface area contributed by atoms with Crippen LogP contribution in [0.2, 0.25) is 0 Å². The Morgan fingerprint density at radius 1 is 1.03 bits per heavy atom. The number of nitrogens with zero attached hydrogens (tertiary/aromatic N) is 3. The molecule has 1 heterocycles. The van der Waals surface area contributed by atoms with Crippen LogP contribution in [0.4, 0.5) is 5.82 Å². The second kappa shape index (κ2) is 11.1. The van der Waals surface area contributed by atoms with Gasteiger partial charge < -0.3 is 19.7 Å². The first-order valence-corrected chi connectivity index (χ1v) is 10.7. The fourth-order valence-electron chi connectivity index (χ4n) is 3.12. The van der Waals surface area contributed by atoms with Gasteiger partial charge in [-0.2, -0.15) is 9.97 Å². The highest BCUT2D eigenvalue weighted by atomic mass is 16.5. The molecule has 0 aliphatic heterocycles. The van der Waals surface area contributed by atoms with E-state index < -0.39 is 0 Å². The van der Waals surface area contributed by atoms with Crippen molar-refractivity contribution in [3.05, 3.63) is 77.5 Å². The molecule has 0 atom stereocenters. The number of hydrogen-bond acceptors (Lipinski definition) is 7. The zero-order valence-corrected chi connectivity index (χ0v) is 19.8. The molecule has 0 saturated carbocycles. The van der Waals surface area contributed by atoms with Crippen LogP contribution in [0.15, 0.2) is 66.4 Å². The number of nitrogens with one attached hydrogen (secondary N) is 1. The second-order valence-corrected chi connectivity index (χ2v) is 7.78. The average Bonchev–Trinajstić information content (AvgIpc) is 2.84. The van der Waals surface area contributed by atoms with Crippen molar-refractivity contribution in [2.75, 3.05) is 40.2 Å². The summed E-state index contributed by atoms with van der Waals surface area (Å²) in [6, 6.07) is 17.5. The highest BCUT2D eigenvalue weighted by molar-refractivity contribution is 6.05. The third-order valence-electron chi connectivity index (χ3n) is 5.26. The highest BCUT2D eigenvalue weighted by Crippen LogP contribution is 2.24. The van der Waals surface area contributed by atoms with E-state index in [1.54, 1.807) is 19.3 Å². The Hall–Kier alpha value is -3.87. The van der Waals surface area contributed by atoms with Crippen LogP contribution in [0.5, 0.6) is 11.8 Å². The molecule has 3 aromatic rings. The minimum Gasteiger partial charge on any atom is -0.497 e. The molecule has 0 saturated heterocycles. The van der Waals surface area contributed by atoms with Crippen LogP contribution in [0.25, 0.3) is 11.3 Å². The van der Waals surface area contributed by atoms with Gasteiger partial charge in [0.15, 0.2) is 5.78 Å². The third kappa shape index (κ3) is 6.55. The lowest BCUT2D eigenvalue weighted by Crippen LogP contribution is -2.10. The summed E-state index contributed by atoms with van der Waals surface area (Å²) in [6.07, 6.45) is 2.46. The maximum Gasteiger partial charge on any atom is 0.318 e. The van der Waals surface area contributed by atoms with Crippen LogP contribution in [0, 0.1) is 0 Å². The Labute approximate surface area is 195 Å². The molecule has 172 valence electrons. The Bertz CT molecular complexity index is 1120. The molecule has 0 bridgehead atoms. The number of hydrogen-bond donors (Lipinski definition) is 1. The molecule has 1 aromatic heterocycles. The van der Waals surface area contributed by atoms with Crippen molar-refractivity contribution in [3.8, 4) is 23.0 Å². The van der Waals surface area contributed by atoms with Gasteiger partial charge in [-0.3, -0.25) is 4.79 Å². The van der Waals surface area contributed by atoms with Crippen molar-refractivity contribution in [3.63, 3.8) is 0 Å². The summed E-state index contributed by atoms with van der Waals surface area (Å²) in [5.41, 5.74) is 4.17. The Morgan fingerprint density at radius 2 is 1.79 bits per heavy atom. The van der Waals surface area contributed by atoms with Gasteiger partial charge in [0.1, 0.15) is 11.6 Å². The van der Waals surface area contributed by atoms with Gasteiger partial charge in [-0.1, -0.05) is 30.3 Å². The summed E-state index contributed by atoms with van der Waals surface area (Å²) in [7, 11) is 7.01. The first kappa shape index (κ1) is 23.8. The van der Waals surface area contributed by atoms with Crippen molar-refractivity contribution in [1.82, 2.24) is 14.9 Å². The van der Waals surface area contributed by atoms with Crippen LogP contribution < -0.4 is 14.8 Å². The Balaban J connectivity index is 1.77. The molecule has 0 amide bonds. The van der Waals surface area contributed by atoms with Crippen LogP contribution in [0.1, 0.15) is 22.8 Å². The standard InChI is InChI=1S/C26H30N4O3/c1-18(30(2)3)15-24(31)21-8-6-7-20(16-21)23-17-25(29-26(28-23)33-5)27-14-13-19-9-11-22(32-4)12-10-19/h6-12,15-17H,13-14H2,1-5H3,(H,27,28,29)/b18-15+. The average molecular weight is 447 g/mol. The van der Waals surface area contributed by atoms with Crippen molar-refractivity contribution < 1.29 is 14.3 Å². The smallest absolute Gasteiger partial charge is 0.318 e. The summed E-state index contributed by atoms with van der Waals surface area (Å²) in [5.74, 6) is 1.44. The van der Waals surface area contributed by atoms with E-state index in [2.05, 4.69) is 15.3 Å². The zero-order chi connectivity index (χ0) is 23.8. The highest BCUT2D eigenvalue weighted by Gasteiger charge is 2.10. The molecule has 0 spiro atoms. The van der Waals surface area contributed by atoms with Crippen LogP contribution in [0.3, 0.4) is 0 Å². The summed E-state index contributed by atoms with van der Waals surface area (Å²) in [6.45, 7) is 2.60. The van der Waals surface area contributed by atoms with Crippen molar-refractivity contribution in [2.45, 2.75) is 13.3 Å². The normalized spacial score (nSPS) is 11.1. The predicted molar refractivity (Wildman–Crippen MR) is 131 cm³/mol. The lowest BCUT2D eigenvalue weighted by molar-refractivity contribution is 0.104. The van der Waals surface area contributed by atoms with Gasteiger partial charge in [-0.15, -0.1) is 0 Å². The maximum atomic E-state index is 12.7. The van der Waals surface area contributed by atoms with E-state index in [4.69, 9.17) is 9.47 Å². The van der Waals surface area contributed by atoms with Gasteiger partial charge in [-0.25, -0.2) is 0 Å². The fourth-order valence-corrected chi connectivity index (χ4v) is 3.12. The molecule has 0 aliphatic rings. The Kier molecular flexibility index (Phi) is 8.02. The van der Waals surface area contributed by atoms with Gasteiger partial charge in [-0.05, 0) is 37.1 Å². The first-order chi connectivity index (χ1) is 15.9. The molecule has 7 heteroatoms. The summed E-state index contributed by atoms with van der Waals surface area (Å²) in [4.78, 5) is 23.5. The molecule has 0 fully saturated rings. The maximum absolute atomic E-state index is 12.7. The molecule has 0 aliphatic carbocycles.